The number of benzene rings is 2. The molecule has 0 radical (unpaired) electrons. The Bertz CT molecular complexity index is 974. The van der Waals surface area contributed by atoms with E-state index in [0.29, 0.717) is 19.6 Å². The monoisotopic (exact) mass is 511 g/mol. The number of nitrogens with zero attached hydrogens (tertiary/aromatic N) is 1. The van der Waals surface area contributed by atoms with Gasteiger partial charge < -0.3 is 18.8 Å². The van der Waals surface area contributed by atoms with Gasteiger partial charge >= 0.3 is 12.1 Å². The second-order valence-corrected chi connectivity index (χ2v) is 15.6. The zero-order valence-electron chi connectivity index (χ0n) is 22.7. The molecule has 0 saturated carbocycles. The largest absolute Gasteiger partial charge is 0.466 e. The van der Waals surface area contributed by atoms with Crippen molar-refractivity contribution in [1.82, 2.24) is 4.90 Å². The Labute approximate surface area is 217 Å². The summed E-state index contributed by atoms with van der Waals surface area (Å²) in [4.78, 5) is 27.8. The highest BCUT2D eigenvalue weighted by Gasteiger charge is 2.53. The molecule has 0 bridgehead atoms. The van der Waals surface area contributed by atoms with Gasteiger partial charge in [0.05, 0.1) is 18.6 Å². The molecule has 3 rings (SSSR count). The van der Waals surface area contributed by atoms with E-state index in [1.807, 2.05) is 64.1 Å². The molecule has 0 aromatic heterocycles. The lowest BCUT2D eigenvalue weighted by Crippen LogP contribution is -2.69. The fourth-order valence-corrected chi connectivity index (χ4v) is 9.67. The predicted octanol–water partition coefficient (Wildman–Crippen LogP) is 4.75. The molecule has 1 aliphatic rings. The van der Waals surface area contributed by atoms with E-state index in [1.54, 1.807) is 4.90 Å². The van der Waals surface area contributed by atoms with Gasteiger partial charge in [0.2, 0.25) is 0 Å². The summed E-state index contributed by atoms with van der Waals surface area (Å²) in [5.74, 6) is -0.741. The fraction of sp³-hybridized carbons (Fsp3) is 0.517. The molecule has 2 atom stereocenters. The number of amides is 1. The molecule has 1 saturated heterocycles. The van der Waals surface area contributed by atoms with Crippen LogP contribution in [0.1, 0.15) is 54.9 Å². The molecule has 1 aliphatic heterocycles. The summed E-state index contributed by atoms with van der Waals surface area (Å²) < 4.78 is 18.4. The average molecular weight is 512 g/mol. The number of hydrogen-bond donors (Lipinski definition) is 0. The van der Waals surface area contributed by atoms with Crippen LogP contribution in [0.4, 0.5) is 4.79 Å². The predicted molar refractivity (Wildman–Crippen MR) is 145 cm³/mol. The lowest BCUT2D eigenvalue weighted by atomic mass is 9.94. The van der Waals surface area contributed by atoms with Crippen molar-refractivity contribution in [2.45, 2.75) is 71.6 Å². The third-order valence-corrected chi connectivity index (χ3v) is 11.6. The molecule has 6 nitrogen and oxygen atoms in total. The van der Waals surface area contributed by atoms with E-state index in [0.717, 1.165) is 10.4 Å². The quantitative estimate of drug-likeness (QED) is 0.414. The van der Waals surface area contributed by atoms with Crippen molar-refractivity contribution in [3.63, 3.8) is 0 Å². The Morgan fingerprint density at radius 3 is 1.89 bits per heavy atom. The van der Waals surface area contributed by atoms with Gasteiger partial charge in [-0.25, -0.2) is 4.79 Å². The molecular formula is C29H41NO5Si. The van der Waals surface area contributed by atoms with Crippen LogP contribution in [0, 0.1) is 5.92 Å². The van der Waals surface area contributed by atoms with Crippen LogP contribution in [-0.4, -0.2) is 56.7 Å². The number of hydrogen-bond acceptors (Lipinski definition) is 5. The van der Waals surface area contributed by atoms with Crippen LogP contribution in [0.5, 0.6) is 0 Å². The topological polar surface area (TPSA) is 65.1 Å². The number of esters is 1. The Hall–Kier alpha value is -2.64. The molecule has 2 aromatic rings. The van der Waals surface area contributed by atoms with Gasteiger partial charge in [-0.05, 0) is 49.5 Å². The highest BCUT2D eigenvalue weighted by atomic mass is 28.4. The first-order valence-electron chi connectivity index (χ1n) is 12.8. The molecule has 196 valence electrons. The van der Waals surface area contributed by atoms with E-state index >= 15 is 0 Å². The normalized spacial score (nSPS) is 19.0. The van der Waals surface area contributed by atoms with E-state index in [4.69, 9.17) is 13.9 Å². The van der Waals surface area contributed by atoms with Gasteiger partial charge in [0, 0.05) is 13.1 Å². The molecule has 0 N–H and O–H groups in total. The van der Waals surface area contributed by atoms with Gasteiger partial charge in [0.1, 0.15) is 5.60 Å². The summed E-state index contributed by atoms with van der Waals surface area (Å²) in [6, 6.07) is 20.6. The van der Waals surface area contributed by atoms with E-state index in [-0.39, 0.29) is 23.6 Å². The Morgan fingerprint density at radius 1 is 0.917 bits per heavy atom. The Kier molecular flexibility index (Phi) is 8.67. The molecule has 2 unspecified atom stereocenters. The molecule has 0 aliphatic carbocycles. The Balaban J connectivity index is 2.10. The van der Waals surface area contributed by atoms with Gasteiger partial charge in [-0.15, -0.1) is 0 Å². The maximum atomic E-state index is 13.1. The summed E-state index contributed by atoms with van der Waals surface area (Å²) in [6.07, 6.45) is -0.460. The summed E-state index contributed by atoms with van der Waals surface area (Å²) in [7, 11) is -2.95. The van der Waals surface area contributed by atoms with Crippen LogP contribution in [0.3, 0.4) is 0 Å². The van der Waals surface area contributed by atoms with Crippen LogP contribution in [0.15, 0.2) is 60.7 Å². The standard InChI is InChI=1S/C29H41NO5Si/c1-8-33-26(31)24-19-20-30(27(32)34-28(2,3)4)21-25(24)35-36(29(5,6)7,22-15-11-9-12-16-22)23-17-13-10-14-18-23/h9-18,24-25H,8,19-21H2,1-7H3. The van der Waals surface area contributed by atoms with Gasteiger partial charge in [0.15, 0.2) is 0 Å². The minimum Gasteiger partial charge on any atom is -0.466 e. The zero-order chi connectivity index (χ0) is 26.6. The first kappa shape index (κ1) is 27.9. The van der Waals surface area contributed by atoms with E-state index in [2.05, 4.69) is 45.0 Å². The number of carbonyl (C=O) groups is 2. The maximum absolute atomic E-state index is 13.1. The number of likely N-dealkylation sites (tertiary alicyclic amines) is 1. The smallest absolute Gasteiger partial charge is 0.410 e. The fourth-order valence-electron chi connectivity index (χ4n) is 4.97. The van der Waals surface area contributed by atoms with Crippen molar-refractivity contribution in [2.24, 2.45) is 5.92 Å². The minimum absolute atomic E-state index is 0.261. The van der Waals surface area contributed by atoms with Gasteiger partial charge in [-0.3, -0.25) is 4.79 Å². The highest BCUT2D eigenvalue weighted by Crippen LogP contribution is 2.39. The summed E-state index contributed by atoms with van der Waals surface area (Å²) in [5, 5.41) is 1.99. The maximum Gasteiger partial charge on any atom is 0.410 e. The molecule has 36 heavy (non-hydrogen) atoms. The second kappa shape index (κ2) is 11.2. The Morgan fingerprint density at radius 2 is 1.44 bits per heavy atom. The van der Waals surface area contributed by atoms with Gasteiger partial charge in [-0.2, -0.15) is 0 Å². The highest BCUT2D eigenvalue weighted by molar-refractivity contribution is 6.99. The average Bonchev–Trinajstić information content (AvgIpc) is 2.81. The number of carbonyl (C=O) groups excluding carboxylic acids is 2. The first-order chi connectivity index (χ1) is 16.9. The molecule has 1 heterocycles. The van der Waals surface area contributed by atoms with E-state index in [1.165, 1.54) is 0 Å². The minimum atomic E-state index is -2.95. The molecule has 2 aromatic carbocycles. The number of piperidine rings is 1. The number of ether oxygens (including phenoxy) is 2. The van der Waals surface area contributed by atoms with Crippen LogP contribution >= 0.6 is 0 Å². The van der Waals surface area contributed by atoms with Crippen LogP contribution in [0.25, 0.3) is 0 Å². The van der Waals surface area contributed by atoms with Gasteiger partial charge in [0.25, 0.3) is 8.32 Å². The van der Waals surface area contributed by atoms with Crippen molar-refractivity contribution >= 4 is 30.8 Å². The van der Waals surface area contributed by atoms with Gasteiger partial charge in [-0.1, -0.05) is 81.4 Å². The van der Waals surface area contributed by atoms with Crippen molar-refractivity contribution in [3.05, 3.63) is 60.7 Å². The van der Waals surface area contributed by atoms with Crippen LogP contribution in [-0.2, 0) is 18.7 Å². The molecular weight excluding hydrogens is 470 g/mol. The SMILES string of the molecule is CCOC(=O)C1CCN(C(=O)OC(C)(C)C)CC1O[Si](c1ccccc1)(c1ccccc1)C(C)(C)C. The molecule has 0 spiro atoms. The summed E-state index contributed by atoms with van der Waals surface area (Å²) >= 11 is 0. The zero-order valence-corrected chi connectivity index (χ0v) is 23.7. The van der Waals surface area contributed by atoms with Crippen LogP contribution < -0.4 is 10.4 Å². The second-order valence-electron chi connectivity index (χ2n) is 11.4. The summed E-state index contributed by atoms with van der Waals surface area (Å²) in [5.41, 5.74) is -0.608. The van der Waals surface area contributed by atoms with E-state index < -0.39 is 25.9 Å². The van der Waals surface area contributed by atoms with Crippen molar-refractivity contribution in [1.29, 1.82) is 0 Å². The molecule has 1 fully saturated rings. The third-order valence-electron chi connectivity index (χ3n) is 6.55. The lowest BCUT2D eigenvalue weighted by Gasteiger charge is -2.48. The third kappa shape index (κ3) is 6.18. The van der Waals surface area contributed by atoms with E-state index in [9.17, 15) is 9.59 Å². The molecule has 7 heteroatoms. The van der Waals surface area contributed by atoms with Crippen molar-refractivity contribution < 1.29 is 23.5 Å². The number of rotatable bonds is 6. The van der Waals surface area contributed by atoms with Crippen molar-refractivity contribution in [2.75, 3.05) is 19.7 Å². The first-order valence-corrected chi connectivity index (χ1v) is 14.7. The van der Waals surface area contributed by atoms with Crippen LogP contribution in [0.2, 0.25) is 5.04 Å². The lowest BCUT2D eigenvalue weighted by molar-refractivity contribution is -0.154. The molecule has 1 amide bonds. The van der Waals surface area contributed by atoms with Crippen molar-refractivity contribution in [3.8, 4) is 0 Å². The summed E-state index contributed by atoms with van der Waals surface area (Å²) in [6.45, 7) is 15.0.